The Labute approximate surface area is 87.9 Å². The number of nitrogens with two attached hydrogens (primary N) is 1. The number of hydrogen-bond acceptors (Lipinski definition) is 2. The minimum Gasteiger partial charge on any atom is -0.330 e. The molecular weight excluding hydrogens is 178 g/mol. The highest BCUT2D eigenvalue weighted by Crippen LogP contribution is 2.22. The first-order valence-electron chi connectivity index (χ1n) is 5.41. The first-order valence-corrected chi connectivity index (χ1v) is 6.80. The van der Waals surface area contributed by atoms with Crippen molar-refractivity contribution in [3.05, 3.63) is 0 Å². The quantitative estimate of drug-likeness (QED) is 0.613. The monoisotopic (exact) mass is 203 g/mol. The van der Waals surface area contributed by atoms with Gasteiger partial charge in [0.1, 0.15) is 0 Å². The predicted octanol–water partition coefficient (Wildman–Crippen LogP) is 3.14. The minimum atomic E-state index is 0.838. The topological polar surface area (TPSA) is 26.0 Å². The molecule has 2 heteroatoms. The third-order valence-corrected chi connectivity index (χ3v) is 3.31. The molecule has 2 N–H and O–H groups in total. The van der Waals surface area contributed by atoms with Crippen LogP contribution in [0, 0.1) is 11.8 Å². The molecule has 0 aromatic rings. The summed E-state index contributed by atoms with van der Waals surface area (Å²) in [6.45, 7) is 5.54. The van der Waals surface area contributed by atoms with E-state index >= 15 is 0 Å². The number of unbranched alkanes of at least 4 members (excludes halogenated alkanes) is 1. The van der Waals surface area contributed by atoms with Gasteiger partial charge < -0.3 is 5.73 Å². The highest BCUT2D eigenvalue weighted by Gasteiger charge is 2.11. The van der Waals surface area contributed by atoms with Gasteiger partial charge in [0.2, 0.25) is 0 Å². The molecule has 0 aliphatic heterocycles. The smallest absolute Gasteiger partial charge is 0.00676 e. The van der Waals surface area contributed by atoms with E-state index in [0.717, 1.165) is 18.4 Å². The lowest BCUT2D eigenvalue weighted by atomic mass is 9.88. The van der Waals surface area contributed by atoms with Gasteiger partial charge in [-0.15, -0.1) is 0 Å². The molecule has 0 rings (SSSR count). The molecule has 0 amide bonds. The summed E-state index contributed by atoms with van der Waals surface area (Å²) in [4.78, 5) is 0. The summed E-state index contributed by atoms with van der Waals surface area (Å²) in [6, 6.07) is 0. The fourth-order valence-electron chi connectivity index (χ4n) is 1.63. The van der Waals surface area contributed by atoms with Gasteiger partial charge in [0.05, 0.1) is 0 Å². The van der Waals surface area contributed by atoms with Gasteiger partial charge in [0, 0.05) is 0 Å². The van der Waals surface area contributed by atoms with Crippen LogP contribution in [0.4, 0.5) is 0 Å². The molecule has 0 heterocycles. The number of rotatable bonds is 8. The van der Waals surface area contributed by atoms with E-state index in [1.807, 2.05) is 11.8 Å². The molecule has 0 spiro atoms. The van der Waals surface area contributed by atoms with E-state index in [1.165, 1.54) is 31.4 Å². The third kappa shape index (κ3) is 7.39. The van der Waals surface area contributed by atoms with Crippen molar-refractivity contribution in [2.45, 2.75) is 39.5 Å². The van der Waals surface area contributed by atoms with Crippen LogP contribution in [-0.4, -0.2) is 18.6 Å². The first-order chi connectivity index (χ1) is 6.22. The zero-order valence-electron chi connectivity index (χ0n) is 9.38. The Morgan fingerprint density at radius 3 is 2.31 bits per heavy atom. The van der Waals surface area contributed by atoms with E-state index in [9.17, 15) is 0 Å². The van der Waals surface area contributed by atoms with E-state index in [4.69, 9.17) is 5.73 Å². The highest BCUT2D eigenvalue weighted by atomic mass is 32.2. The van der Waals surface area contributed by atoms with Gasteiger partial charge in [0.25, 0.3) is 0 Å². The molecule has 0 aliphatic rings. The molecule has 1 nitrogen and oxygen atoms in total. The summed E-state index contributed by atoms with van der Waals surface area (Å²) in [7, 11) is 0. The normalized spacial score (nSPS) is 13.6. The average molecular weight is 203 g/mol. The zero-order chi connectivity index (χ0) is 10.1. The van der Waals surface area contributed by atoms with Crippen LogP contribution in [-0.2, 0) is 0 Å². The molecule has 0 saturated heterocycles. The standard InChI is InChI=1S/C11H25NS/c1-10(2)11(7-9-13-3)6-4-5-8-12/h10-11H,4-9,12H2,1-3H3. The maximum absolute atomic E-state index is 5.49. The largest absolute Gasteiger partial charge is 0.330 e. The first kappa shape index (κ1) is 13.3. The van der Waals surface area contributed by atoms with Gasteiger partial charge in [-0.2, -0.15) is 11.8 Å². The molecule has 0 radical (unpaired) electrons. The van der Waals surface area contributed by atoms with Crippen LogP contribution in [0.25, 0.3) is 0 Å². The van der Waals surface area contributed by atoms with Crippen molar-refractivity contribution in [1.82, 2.24) is 0 Å². The van der Waals surface area contributed by atoms with Gasteiger partial charge in [0.15, 0.2) is 0 Å². The molecule has 80 valence electrons. The molecule has 0 aliphatic carbocycles. The van der Waals surface area contributed by atoms with Gasteiger partial charge >= 0.3 is 0 Å². The molecule has 13 heavy (non-hydrogen) atoms. The molecular formula is C11H25NS. The van der Waals surface area contributed by atoms with Crippen LogP contribution in [0.3, 0.4) is 0 Å². The van der Waals surface area contributed by atoms with Crippen molar-refractivity contribution in [3.8, 4) is 0 Å². The third-order valence-electron chi connectivity index (χ3n) is 2.66. The van der Waals surface area contributed by atoms with Crippen molar-refractivity contribution in [1.29, 1.82) is 0 Å². The van der Waals surface area contributed by atoms with Crippen LogP contribution in [0.2, 0.25) is 0 Å². The maximum atomic E-state index is 5.49. The maximum Gasteiger partial charge on any atom is -0.00676 e. The van der Waals surface area contributed by atoms with Crippen LogP contribution in [0.5, 0.6) is 0 Å². The second-order valence-electron chi connectivity index (χ2n) is 4.07. The van der Waals surface area contributed by atoms with E-state index in [0.29, 0.717) is 0 Å². The van der Waals surface area contributed by atoms with Crippen LogP contribution in [0.1, 0.15) is 39.5 Å². The molecule has 1 unspecified atom stereocenters. The van der Waals surface area contributed by atoms with Crippen LogP contribution < -0.4 is 5.73 Å². The lowest BCUT2D eigenvalue weighted by Crippen LogP contribution is -2.10. The lowest BCUT2D eigenvalue weighted by molar-refractivity contribution is 0.340. The average Bonchev–Trinajstić information content (AvgIpc) is 2.10. The summed E-state index contributed by atoms with van der Waals surface area (Å²) in [5.41, 5.74) is 5.49. The van der Waals surface area contributed by atoms with Gasteiger partial charge in [-0.1, -0.05) is 26.7 Å². The van der Waals surface area contributed by atoms with Crippen LogP contribution >= 0.6 is 11.8 Å². The molecule has 0 saturated carbocycles. The van der Waals surface area contributed by atoms with Gasteiger partial charge in [-0.05, 0) is 43.2 Å². The molecule has 0 aromatic carbocycles. The van der Waals surface area contributed by atoms with Gasteiger partial charge in [-0.3, -0.25) is 0 Å². The second kappa shape index (κ2) is 8.89. The Morgan fingerprint density at radius 1 is 1.15 bits per heavy atom. The summed E-state index contributed by atoms with van der Waals surface area (Å²) >= 11 is 1.96. The Morgan fingerprint density at radius 2 is 1.85 bits per heavy atom. The summed E-state index contributed by atoms with van der Waals surface area (Å²) in [5, 5.41) is 0. The number of hydrogen-bond donors (Lipinski definition) is 1. The SMILES string of the molecule is CSCCC(CCCCN)C(C)C. The van der Waals surface area contributed by atoms with Crippen molar-refractivity contribution < 1.29 is 0 Å². The number of thioether (sulfide) groups is 1. The van der Waals surface area contributed by atoms with E-state index in [-0.39, 0.29) is 0 Å². The van der Waals surface area contributed by atoms with E-state index in [1.54, 1.807) is 0 Å². The second-order valence-corrected chi connectivity index (χ2v) is 5.06. The van der Waals surface area contributed by atoms with Crippen molar-refractivity contribution in [3.63, 3.8) is 0 Å². The van der Waals surface area contributed by atoms with Crippen molar-refractivity contribution in [2.75, 3.05) is 18.6 Å². The molecule has 1 atom stereocenters. The van der Waals surface area contributed by atoms with Crippen molar-refractivity contribution >= 4 is 11.8 Å². The van der Waals surface area contributed by atoms with E-state index < -0.39 is 0 Å². The zero-order valence-corrected chi connectivity index (χ0v) is 10.2. The predicted molar refractivity (Wildman–Crippen MR) is 64.2 cm³/mol. The molecule has 0 aromatic heterocycles. The fraction of sp³-hybridized carbons (Fsp3) is 1.00. The fourth-order valence-corrected chi connectivity index (χ4v) is 2.17. The molecule has 0 fully saturated rings. The Balaban J connectivity index is 3.54. The molecule has 0 bridgehead atoms. The van der Waals surface area contributed by atoms with E-state index in [2.05, 4.69) is 20.1 Å². The van der Waals surface area contributed by atoms with Crippen LogP contribution in [0.15, 0.2) is 0 Å². The Hall–Kier alpha value is 0.310. The summed E-state index contributed by atoms with van der Waals surface area (Å²) < 4.78 is 0. The Kier molecular flexibility index (Phi) is 9.10. The van der Waals surface area contributed by atoms with Gasteiger partial charge in [-0.25, -0.2) is 0 Å². The highest BCUT2D eigenvalue weighted by molar-refractivity contribution is 7.98. The van der Waals surface area contributed by atoms with Crippen molar-refractivity contribution in [2.24, 2.45) is 17.6 Å². The lowest BCUT2D eigenvalue weighted by Gasteiger charge is -2.20. The summed E-state index contributed by atoms with van der Waals surface area (Å²) in [5.74, 6) is 3.06. The Bertz CT molecular complexity index is 104. The minimum absolute atomic E-state index is 0.838. The summed E-state index contributed by atoms with van der Waals surface area (Å²) in [6.07, 6.45) is 7.45.